The van der Waals surface area contributed by atoms with E-state index in [0.717, 1.165) is 11.8 Å². The predicted octanol–water partition coefficient (Wildman–Crippen LogP) is 3.21. The topological polar surface area (TPSA) is 70.6 Å². The van der Waals surface area contributed by atoms with Crippen LogP contribution in [0.4, 0.5) is 20.2 Å². The average Bonchev–Trinajstić information content (AvgIpc) is 2.91. The summed E-state index contributed by atoms with van der Waals surface area (Å²) in [6, 6.07) is 10.9. The molecular formula is C17H13F2N3O2S. The Morgan fingerprint density at radius 1 is 1.08 bits per heavy atom. The standard InChI is InChI=1S/C17H13F2N3O2S/c18-10-1-5-12(6-2-10)20-15(23)9-14-16(24)22-17(25-14)21-13-7-3-11(19)4-8-13/h1-8,14H,9H2,(H,20,23)(H,21,22,24)/t14-/m1/s1. The number of carbonyl (C=O) groups is 2. The van der Waals surface area contributed by atoms with Crippen molar-refractivity contribution in [3.63, 3.8) is 0 Å². The van der Waals surface area contributed by atoms with Crippen molar-refractivity contribution < 1.29 is 18.4 Å². The number of aliphatic imine (C=N–C) groups is 1. The molecule has 1 aliphatic rings. The molecule has 2 aromatic rings. The molecule has 1 saturated heterocycles. The van der Waals surface area contributed by atoms with Gasteiger partial charge in [0.2, 0.25) is 11.8 Å². The Morgan fingerprint density at radius 2 is 1.68 bits per heavy atom. The second-order valence-corrected chi connectivity index (χ2v) is 6.44. The number of benzene rings is 2. The highest BCUT2D eigenvalue weighted by atomic mass is 32.2. The first-order valence-corrected chi connectivity index (χ1v) is 8.25. The Balaban J connectivity index is 1.59. The van der Waals surface area contributed by atoms with Crippen molar-refractivity contribution in [2.24, 2.45) is 4.99 Å². The van der Waals surface area contributed by atoms with Crippen LogP contribution in [0.5, 0.6) is 0 Å². The highest BCUT2D eigenvalue weighted by molar-refractivity contribution is 8.15. The molecule has 2 N–H and O–H groups in total. The molecule has 8 heteroatoms. The summed E-state index contributed by atoms with van der Waals surface area (Å²) in [4.78, 5) is 28.2. The second-order valence-electron chi connectivity index (χ2n) is 5.25. The fraction of sp³-hybridized carbons (Fsp3) is 0.118. The lowest BCUT2D eigenvalue weighted by atomic mass is 10.2. The van der Waals surface area contributed by atoms with Gasteiger partial charge in [0.25, 0.3) is 0 Å². The van der Waals surface area contributed by atoms with Gasteiger partial charge in [-0.15, -0.1) is 0 Å². The molecule has 5 nitrogen and oxygen atoms in total. The maximum Gasteiger partial charge on any atom is 0.240 e. The summed E-state index contributed by atoms with van der Waals surface area (Å²) in [5.41, 5.74) is 0.954. The predicted molar refractivity (Wildman–Crippen MR) is 92.7 cm³/mol. The molecule has 128 valence electrons. The van der Waals surface area contributed by atoms with Gasteiger partial charge < -0.3 is 10.6 Å². The molecule has 0 unspecified atom stereocenters. The van der Waals surface area contributed by atoms with E-state index in [1.807, 2.05) is 0 Å². The van der Waals surface area contributed by atoms with E-state index in [1.165, 1.54) is 48.5 Å². The number of thioether (sulfide) groups is 1. The van der Waals surface area contributed by atoms with Gasteiger partial charge in [0.1, 0.15) is 16.9 Å². The Morgan fingerprint density at radius 3 is 2.32 bits per heavy atom. The minimum absolute atomic E-state index is 0.0453. The smallest absolute Gasteiger partial charge is 0.240 e. The maximum absolute atomic E-state index is 12.9. The van der Waals surface area contributed by atoms with Crippen LogP contribution in [-0.4, -0.2) is 22.2 Å². The summed E-state index contributed by atoms with van der Waals surface area (Å²) in [5.74, 6) is -1.45. The number of rotatable bonds is 4. The van der Waals surface area contributed by atoms with Crippen molar-refractivity contribution in [1.82, 2.24) is 5.32 Å². The first-order valence-electron chi connectivity index (χ1n) is 7.37. The van der Waals surface area contributed by atoms with Gasteiger partial charge >= 0.3 is 0 Å². The number of carbonyl (C=O) groups excluding carboxylic acids is 2. The van der Waals surface area contributed by atoms with Gasteiger partial charge in [-0.3, -0.25) is 9.59 Å². The molecule has 0 spiro atoms. The Kier molecular flexibility index (Phi) is 5.08. The number of amides is 2. The zero-order valence-corrected chi connectivity index (χ0v) is 13.6. The van der Waals surface area contributed by atoms with Crippen LogP contribution in [0.25, 0.3) is 0 Å². The summed E-state index contributed by atoms with van der Waals surface area (Å²) in [6.45, 7) is 0. The molecule has 0 bridgehead atoms. The molecule has 2 amide bonds. The Labute approximate surface area is 146 Å². The minimum Gasteiger partial charge on any atom is -0.326 e. The first-order chi connectivity index (χ1) is 12.0. The number of nitrogens with one attached hydrogen (secondary N) is 2. The van der Waals surface area contributed by atoms with Crippen LogP contribution in [-0.2, 0) is 9.59 Å². The molecule has 25 heavy (non-hydrogen) atoms. The van der Waals surface area contributed by atoms with Gasteiger partial charge in [-0.25, -0.2) is 13.8 Å². The average molecular weight is 361 g/mol. The van der Waals surface area contributed by atoms with Gasteiger partial charge in [-0.05, 0) is 48.5 Å². The van der Waals surface area contributed by atoms with Crippen LogP contribution in [0.15, 0.2) is 53.5 Å². The van der Waals surface area contributed by atoms with Crippen LogP contribution >= 0.6 is 11.8 Å². The van der Waals surface area contributed by atoms with E-state index in [4.69, 9.17) is 0 Å². The zero-order chi connectivity index (χ0) is 17.8. The lowest BCUT2D eigenvalue weighted by Gasteiger charge is -2.07. The van der Waals surface area contributed by atoms with E-state index in [9.17, 15) is 18.4 Å². The van der Waals surface area contributed by atoms with Gasteiger partial charge in [-0.1, -0.05) is 11.8 Å². The van der Waals surface area contributed by atoms with Crippen molar-refractivity contribution in [3.8, 4) is 0 Å². The van der Waals surface area contributed by atoms with E-state index in [0.29, 0.717) is 16.5 Å². The highest BCUT2D eigenvalue weighted by Gasteiger charge is 2.32. The van der Waals surface area contributed by atoms with E-state index in [2.05, 4.69) is 15.6 Å². The minimum atomic E-state index is -0.611. The number of anilines is 1. The van der Waals surface area contributed by atoms with Crippen molar-refractivity contribution in [1.29, 1.82) is 0 Å². The van der Waals surface area contributed by atoms with Crippen LogP contribution < -0.4 is 10.6 Å². The second kappa shape index (κ2) is 7.43. The zero-order valence-electron chi connectivity index (χ0n) is 12.8. The van der Waals surface area contributed by atoms with Gasteiger partial charge in [0.05, 0.1) is 5.69 Å². The lowest BCUT2D eigenvalue weighted by Crippen LogP contribution is -2.28. The number of amidine groups is 1. The number of hydrogen-bond donors (Lipinski definition) is 2. The maximum atomic E-state index is 12.9. The van der Waals surface area contributed by atoms with Crippen molar-refractivity contribution in [3.05, 3.63) is 60.2 Å². The fourth-order valence-corrected chi connectivity index (χ4v) is 3.13. The molecule has 1 aliphatic heterocycles. The molecule has 0 saturated carbocycles. The molecule has 0 aromatic heterocycles. The normalized spacial score (nSPS) is 18.2. The largest absolute Gasteiger partial charge is 0.326 e. The van der Waals surface area contributed by atoms with Gasteiger partial charge in [0, 0.05) is 12.1 Å². The fourth-order valence-electron chi connectivity index (χ4n) is 2.14. The molecular weight excluding hydrogens is 348 g/mol. The Hall–Kier alpha value is -2.74. The SMILES string of the molecule is O=C(C[C@H]1SC(=Nc2ccc(F)cc2)NC1=O)Nc1ccc(F)cc1. The van der Waals surface area contributed by atoms with Crippen molar-refractivity contribution in [2.45, 2.75) is 11.7 Å². The summed E-state index contributed by atoms with van der Waals surface area (Å²) in [6.07, 6.45) is -0.0453. The summed E-state index contributed by atoms with van der Waals surface area (Å²) in [7, 11) is 0. The molecule has 2 aromatic carbocycles. The highest BCUT2D eigenvalue weighted by Crippen LogP contribution is 2.25. The van der Waals surface area contributed by atoms with E-state index in [-0.39, 0.29) is 24.1 Å². The number of hydrogen-bond acceptors (Lipinski definition) is 4. The molecule has 0 aliphatic carbocycles. The van der Waals surface area contributed by atoms with Crippen molar-refractivity contribution in [2.75, 3.05) is 5.32 Å². The van der Waals surface area contributed by atoms with E-state index in [1.54, 1.807) is 0 Å². The third-order valence-electron chi connectivity index (χ3n) is 3.33. The van der Waals surface area contributed by atoms with Crippen LogP contribution in [0, 0.1) is 11.6 Å². The summed E-state index contributed by atoms with van der Waals surface area (Å²) >= 11 is 1.13. The molecule has 0 radical (unpaired) electrons. The van der Waals surface area contributed by atoms with Crippen molar-refractivity contribution >= 4 is 40.1 Å². The molecule has 3 rings (SSSR count). The quantitative estimate of drug-likeness (QED) is 0.878. The number of halogens is 2. The van der Waals surface area contributed by atoms with Crippen LogP contribution in [0.2, 0.25) is 0 Å². The van der Waals surface area contributed by atoms with Gasteiger partial charge in [0.15, 0.2) is 5.17 Å². The molecule has 1 fully saturated rings. The number of nitrogens with zero attached hydrogens (tertiary/aromatic N) is 1. The first kappa shape index (κ1) is 17.1. The lowest BCUT2D eigenvalue weighted by molar-refractivity contribution is -0.122. The van der Waals surface area contributed by atoms with E-state index >= 15 is 0 Å². The van der Waals surface area contributed by atoms with Crippen LogP contribution in [0.3, 0.4) is 0 Å². The monoisotopic (exact) mass is 361 g/mol. The molecule has 1 heterocycles. The third-order valence-corrected chi connectivity index (χ3v) is 4.41. The van der Waals surface area contributed by atoms with E-state index < -0.39 is 11.1 Å². The van der Waals surface area contributed by atoms with Crippen LogP contribution in [0.1, 0.15) is 6.42 Å². The summed E-state index contributed by atoms with van der Waals surface area (Å²) in [5, 5.41) is 4.95. The van der Waals surface area contributed by atoms with Gasteiger partial charge in [-0.2, -0.15) is 0 Å². The Bertz CT molecular complexity index is 823. The third kappa shape index (κ3) is 4.63. The summed E-state index contributed by atoms with van der Waals surface area (Å²) < 4.78 is 25.7. The molecule has 1 atom stereocenters.